The number of benzene rings is 1. The maximum atomic E-state index is 5.83. The molecule has 0 unspecified atom stereocenters. The van der Waals surface area contributed by atoms with Gasteiger partial charge in [0, 0.05) is 30.7 Å². The number of hydrogen-bond acceptors (Lipinski definition) is 5. The van der Waals surface area contributed by atoms with Crippen LogP contribution in [0.2, 0.25) is 0 Å². The predicted molar refractivity (Wildman–Crippen MR) is 79.8 cm³/mol. The number of nitrogens with two attached hydrogens (primary N) is 1. The molecular formula is C15H20N4O. The quantitative estimate of drug-likeness (QED) is 0.804. The summed E-state index contributed by atoms with van der Waals surface area (Å²) >= 11 is 0. The molecule has 0 saturated carbocycles. The summed E-state index contributed by atoms with van der Waals surface area (Å²) in [4.78, 5) is 9.24. The first-order valence-corrected chi connectivity index (χ1v) is 7.23. The topological polar surface area (TPSA) is 58.5 Å². The summed E-state index contributed by atoms with van der Waals surface area (Å²) < 4.78 is 5.83. The zero-order valence-corrected chi connectivity index (χ0v) is 11.8. The van der Waals surface area contributed by atoms with E-state index >= 15 is 0 Å². The second-order valence-electron chi connectivity index (χ2n) is 6.42. The average Bonchev–Trinajstić information content (AvgIpc) is 2.78. The molecule has 3 heterocycles. The number of hydrogen-bond donors (Lipinski definition) is 1. The van der Waals surface area contributed by atoms with E-state index in [1.54, 1.807) is 0 Å². The summed E-state index contributed by atoms with van der Waals surface area (Å²) in [5.41, 5.74) is 8.63. The Hall–Kier alpha value is -1.75. The highest BCUT2D eigenvalue weighted by molar-refractivity contribution is 5.78. The lowest BCUT2D eigenvalue weighted by Gasteiger charge is -2.53. The van der Waals surface area contributed by atoms with Crippen LogP contribution in [-0.2, 0) is 0 Å². The first-order chi connectivity index (χ1) is 9.63. The van der Waals surface area contributed by atoms with Crippen molar-refractivity contribution in [1.82, 2.24) is 9.88 Å². The minimum Gasteiger partial charge on any atom is -0.423 e. The van der Waals surface area contributed by atoms with Crippen LogP contribution >= 0.6 is 0 Å². The lowest BCUT2D eigenvalue weighted by atomic mass is 9.73. The van der Waals surface area contributed by atoms with Gasteiger partial charge in [0.05, 0.1) is 0 Å². The summed E-state index contributed by atoms with van der Waals surface area (Å²) in [6, 6.07) is 6.35. The number of piperidine rings is 1. The third-order valence-corrected chi connectivity index (χ3v) is 4.58. The van der Waals surface area contributed by atoms with Crippen molar-refractivity contribution >= 4 is 22.8 Å². The number of likely N-dealkylation sites (tertiary alicyclic amines) is 1. The molecule has 0 bridgehead atoms. The van der Waals surface area contributed by atoms with Crippen molar-refractivity contribution in [3.05, 3.63) is 18.2 Å². The average molecular weight is 272 g/mol. The standard InChI is InChI=1S/C15H20N4O/c1-18-6-2-5-15(8-18)9-19(10-15)14-17-12-7-11(16)3-4-13(12)20-14/h3-4,7H,2,5-6,8-10,16H2,1H3. The summed E-state index contributed by atoms with van der Waals surface area (Å²) in [5.74, 6) is 0. The number of nitrogens with zero attached hydrogens (tertiary/aromatic N) is 3. The van der Waals surface area contributed by atoms with Crippen LogP contribution in [0.25, 0.3) is 11.1 Å². The molecular weight excluding hydrogens is 252 g/mol. The summed E-state index contributed by atoms with van der Waals surface area (Å²) in [7, 11) is 2.21. The van der Waals surface area contributed by atoms with Gasteiger partial charge in [0.2, 0.25) is 0 Å². The van der Waals surface area contributed by atoms with Gasteiger partial charge in [0.25, 0.3) is 6.01 Å². The molecule has 1 aromatic carbocycles. The number of nitrogen functional groups attached to an aromatic ring is 1. The Balaban J connectivity index is 1.54. The van der Waals surface area contributed by atoms with Crippen molar-refractivity contribution in [3.63, 3.8) is 0 Å². The van der Waals surface area contributed by atoms with Crippen LogP contribution in [0.5, 0.6) is 0 Å². The van der Waals surface area contributed by atoms with E-state index < -0.39 is 0 Å². The van der Waals surface area contributed by atoms with Crippen LogP contribution in [0, 0.1) is 5.41 Å². The molecule has 4 rings (SSSR count). The second kappa shape index (κ2) is 4.12. The maximum Gasteiger partial charge on any atom is 0.298 e. The molecule has 0 aliphatic carbocycles. The Morgan fingerprint density at radius 2 is 2.15 bits per heavy atom. The van der Waals surface area contributed by atoms with Crippen LogP contribution in [0.1, 0.15) is 12.8 Å². The van der Waals surface area contributed by atoms with Crippen LogP contribution in [0.4, 0.5) is 11.7 Å². The fraction of sp³-hybridized carbons (Fsp3) is 0.533. The van der Waals surface area contributed by atoms with E-state index in [2.05, 4.69) is 21.8 Å². The van der Waals surface area contributed by atoms with E-state index in [0.717, 1.165) is 35.9 Å². The molecule has 0 radical (unpaired) electrons. The Morgan fingerprint density at radius 3 is 2.95 bits per heavy atom. The molecule has 0 amide bonds. The molecule has 2 aliphatic rings. The highest BCUT2D eigenvalue weighted by Crippen LogP contribution is 2.41. The lowest BCUT2D eigenvalue weighted by molar-refractivity contribution is 0.0750. The Bertz CT molecular complexity index is 644. The van der Waals surface area contributed by atoms with E-state index in [0.29, 0.717) is 5.41 Å². The Kier molecular flexibility index (Phi) is 2.48. The van der Waals surface area contributed by atoms with Gasteiger partial charge in [-0.25, -0.2) is 0 Å². The molecule has 5 nitrogen and oxygen atoms in total. The van der Waals surface area contributed by atoms with E-state index in [4.69, 9.17) is 10.2 Å². The predicted octanol–water partition coefficient (Wildman–Crippen LogP) is 1.94. The van der Waals surface area contributed by atoms with E-state index in [1.807, 2.05) is 18.2 Å². The molecule has 2 N–H and O–H groups in total. The Morgan fingerprint density at radius 1 is 1.30 bits per heavy atom. The zero-order valence-electron chi connectivity index (χ0n) is 11.8. The highest BCUT2D eigenvalue weighted by Gasteiger charge is 2.46. The van der Waals surface area contributed by atoms with Gasteiger partial charge in [-0.05, 0) is 44.6 Å². The van der Waals surface area contributed by atoms with E-state index in [1.165, 1.54) is 25.9 Å². The van der Waals surface area contributed by atoms with Gasteiger partial charge in [-0.2, -0.15) is 4.98 Å². The van der Waals surface area contributed by atoms with Gasteiger partial charge in [-0.3, -0.25) is 0 Å². The zero-order chi connectivity index (χ0) is 13.7. The third-order valence-electron chi connectivity index (χ3n) is 4.58. The van der Waals surface area contributed by atoms with Gasteiger partial charge >= 0.3 is 0 Å². The van der Waals surface area contributed by atoms with Gasteiger partial charge < -0.3 is 20.0 Å². The van der Waals surface area contributed by atoms with Crippen molar-refractivity contribution < 1.29 is 4.42 Å². The molecule has 2 aromatic rings. The lowest BCUT2D eigenvalue weighted by Crippen LogP contribution is -2.62. The smallest absolute Gasteiger partial charge is 0.298 e. The highest BCUT2D eigenvalue weighted by atomic mass is 16.4. The molecule has 2 saturated heterocycles. The van der Waals surface area contributed by atoms with E-state index in [9.17, 15) is 0 Å². The van der Waals surface area contributed by atoms with Gasteiger partial charge in [0.15, 0.2) is 5.58 Å². The van der Waals surface area contributed by atoms with Crippen LogP contribution in [0.3, 0.4) is 0 Å². The molecule has 106 valence electrons. The van der Waals surface area contributed by atoms with Crippen LogP contribution < -0.4 is 10.6 Å². The molecule has 2 fully saturated rings. The van der Waals surface area contributed by atoms with Crippen molar-refractivity contribution in [2.75, 3.05) is 43.9 Å². The summed E-state index contributed by atoms with van der Waals surface area (Å²) in [5, 5.41) is 0. The number of anilines is 2. The minimum absolute atomic E-state index is 0.451. The number of aromatic nitrogens is 1. The van der Waals surface area contributed by atoms with Crippen molar-refractivity contribution in [2.24, 2.45) is 5.41 Å². The first-order valence-electron chi connectivity index (χ1n) is 7.23. The van der Waals surface area contributed by atoms with Gasteiger partial charge in [-0.1, -0.05) is 0 Å². The fourth-order valence-corrected chi connectivity index (χ4v) is 3.68. The molecule has 5 heteroatoms. The number of oxazole rings is 1. The normalized spacial score (nSPS) is 22.4. The van der Waals surface area contributed by atoms with Gasteiger partial charge in [-0.15, -0.1) is 0 Å². The van der Waals surface area contributed by atoms with Crippen molar-refractivity contribution in [1.29, 1.82) is 0 Å². The van der Waals surface area contributed by atoms with Gasteiger partial charge in [0.1, 0.15) is 5.52 Å². The molecule has 20 heavy (non-hydrogen) atoms. The Labute approximate surface area is 118 Å². The molecule has 0 atom stereocenters. The number of rotatable bonds is 1. The van der Waals surface area contributed by atoms with Crippen molar-refractivity contribution in [2.45, 2.75) is 12.8 Å². The molecule has 2 aliphatic heterocycles. The molecule has 1 spiro atoms. The van der Waals surface area contributed by atoms with Crippen LogP contribution in [0.15, 0.2) is 22.6 Å². The monoisotopic (exact) mass is 272 g/mol. The fourth-order valence-electron chi connectivity index (χ4n) is 3.68. The summed E-state index contributed by atoms with van der Waals surface area (Å²) in [6.45, 7) is 4.53. The third kappa shape index (κ3) is 1.85. The minimum atomic E-state index is 0.451. The summed E-state index contributed by atoms with van der Waals surface area (Å²) in [6.07, 6.45) is 2.62. The largest absolute Gasteiger partial charge is 0.423 e. The van der Waals surface area contributed by atoms with Crippen LogP contribution in [-0.4, -0.2) is 43.1 Å². The number of fused-ring (bicyclic) bond motifs is 1. The molecule has 1 aromatic heterocycles. The second-order valence-corrected chi connectivity index (χ2v) is 6.42. The first kappa shape index (κ1) is 12.0. The van der Waals surface area contributed by atoms with Crippen molar-refractivity contribution in [3.8, 4) is 0 Å². The van der Waals surface area contributed by atoms with E-state index in [-0.39, 0.29) is 0 Å². The maximum absolute atomic E-state index is 5.83. The SMILES string of the molecule is CN1CCCC2(C1)CN(c1nc3cc(N)ccc3o1)C2.